The van der Waals surface area contributed by atoms with E-state index >= 15 is 0 Å². The van der Waals surface area contributed by atoms with E-state index in [0.717, 1.165) is 22.0 Å². The zero-order valence-electron chi connectivity index (χ0n) is 14.4. The van der Waals surface area contributed by atoms with Gasteiger partial charge in [-0.25, -0.2) is 8.51 Å². The molecule has 0 amide bonds. The molecule has 0 saturated carbocycles. The molecule has 25 heavy (non-hydrogen) atoms. The molecule has 3 N–H and O–H groups in total. The Balaban J connectivity index is 2.10. The minimum Gasteiger partial charge on any atom is -0.399 e. The van der Waals surface area contributed by atoms with Crippen molar-refractivity contribution in [3.8, 4) is 0 Å². The lowest BCUT2D eigenvalue weighted by atomic mass is 10.1. The Morgan fingerprint density at radius 3 is 2.08 bits per heavy atom. The highest BCUT2D eigenvalue weighted by Gasteiger charge is 2.17. The third-order valence-electron chi connectivity index (χ3n) is 4.15. The van der Waals surface area contributed by atoms with Crippen molar-refractivity contribution in [3.63, 3.8) is 0 Å². The number of aryl methyl sites for hydroxylation is 1. The second-order valence-electron chi connectivity index (χ2n) is 6.18. The van der Waals surface area contributed by atoms with Gasteiger partial charge in [-0.3, -0.25) is 4.55 Å². The fourth-order valence-corrected chi connectivity index (χ4v) is 3.51. The standard InChI is InChI=1S/C19H21N3O2S/c1-13-10-16(20)6-9-19(13)22(25(23)24)18-8-5-14-11-17(21(2)3)7-4-15(14)12-18/h4-12H,20H2,1-3H3,(H,23,24). The number of nitrogens with zero attached hydrogens (tertiary/aromatic N) is 2. The van der Waals surface area contributed by atoms with Gasteiger partial charge in [0.2, 0.25) is 0 Å². The van der Waals surface area contributed by atoms with Crippen molar-refractivity contribution in [1.29, 1.82) is 0 Å². The van der Waals surface area contributed by atoms with Gasteiger partial charge in [-0.15, -0.1) is 0 Å². The van der Waals surface area contributed by atoms with Crippen molar-refractivity contribution in [2.45, 2.75) is 6.92 Å². The van der Waals surface area contributed by atoms with Crippen molar-refractivity contribution in [3.05, 3.63) is 60.2 Å². The van der Waals surface area contributed by atoms with Crippen LogP contribution in [0.25, 0.3) is 10.8 Å². The van der Waals surface area contributed by atoms with Crippen LogP contribution in [0.1, 0.15) is 5.56 Å². The molecule has 5 nitrogen and oxygen atoms in total. The largest absolute Gasteiger partial charge is 0.399 e. The normalized spacial score (nSPS) is 12.2. The third-order valence-corrected chi connectivity index (χ3v) is 4.87. The average molecular weight is 355 g/mol. The van der Waals surface area contributed by atoms with Crippen molar-refractivity contribution >= 4 is 44.8 Å². The second-order valence-corrected chi connectivity index (χ2v) is 7.01. The zero-order chi connectivity index (χ0) is 18.1. The van der Waals surface area contributed by atoms with Crippen LogP contribution in [0.5, 0.6) is 0 Å². The number of hydrogen-bond donors (Lipinski definition) is 2. The summed E-state index contributed by atoms with van der Waals surface area (Å²) in [7, 11) is 3.99. The molecule has 0 aliphatic rings. The van der Waals surface area contributed by atoms with Crippen LogP contribution in [0.3, 0.4) is 0 Å². The van der Waals surface area contributed by atoms with Gasteiger partial charge in [-0.1, -0.05) is 12.1 Å². The highest BCUT2D eigenvalue weighted by Crippen LogP contribution is 2.33. The number of anilines is 4. The van der Waals surface area contributed by atoms with Gasteiger partial charge in [-0.05, 0) is 65.7 Å². The molecular weight excluding hydrogens is 334 g/mol. The molecule has 0 fully saturated rings. The van der Waals surface area contributed by atoms with Crippen LogP contribution < -0.4 is 14.9 Å². The number of nitrogens with two attached hydrogens (primary N) is 1. The lowest BCUT2D eigenvalue weighted by Gasteiger charge is -2.23. The Kier molecular flexibility index (Phi) is 4.65. The predicted octanol–water partition coefficient (Wildman–Crippen LogP) is 4.07. The van der Waals surface area contributed by atoms with E-state index in [1.807, 2.05) is 56.3 Å². The molecule has 0 aromatic heterocycles. The van der Waals surface area contributed by atoms with Gasteiger partial charge in [0.25, 0.3) is 11.3 Å². The molecule has 0 aliphatic carbocycles. The molecule has 3 rings (SSSR count). The molecule has 3 aromatic carbocycles. The monoisotopic (exact) mass is 355 g/mol. The Hall–Kier alpha value is -2.57. The van der Waals surface area contributed by atoms with E-state index in [1.165, 1.54) is 4.31 Å². The Morgan fingerprint density at radius 1 is 0.920 bits per heavy atom. The summed E-state index contributed by atoms with van der Waals surface area (Å²) in [6.07, 6.45) is 0. The molecule has 130 valence electrons. The fraction of sp³-hybridized carbons (Fsp3) is 0.158. The summed E-state index contributed by atoms with van der Waals surface area (Å²) in [4.78, 5) is 2.04. The molecule has 0 radical (unpaired) electrons. The van der Waals surface area contributed by atoms with Crippen LogP contribution in [0.15, 0.2) is 54.6 Å². The molecular formula is C19H21N3O2S. The maximum Gasteiger partial charge on any atom is 0.266 e. The van der Waals surface area contributed by atoms with Crippen molar-refractivity contribution in [1.82, 2.24) is 0 Å². The van der Waals surface area contributed by atoms with E-state index in [1.54, 1.807) is 18.2 Å². The van der Waals surface area contributed by atoms with Gasteiger partial charge in [0, 0.05) is 25.5 Å². The molecule has 6 heteroatoms. The molecule has 1 atom stereocenters. The van der Waals surface area contributed by atoms with Gasteiger partial charge in [0.1, 0.15) is 0 Å². The topological polar surface area (TPSA) is 69.8 Å². The lowest BCUT2D eigenvalue weighted by molar-refractivity contribution is 0.564. The molecule has 0 spiro atoms. The van der Waals surface area contributed by atoms with Crippen LogP contribution in [0, 0.1) is 6.92 Å². The summed E-state index contributed by atoms with van der Waals surface area (Å²) >= 11 is -2.19. The Morgan fingerprint density at radius 2 is 1.52 bits per heavy atom. The van der Waals surface area contributed by atoms with Crippen LogP contribution in [-0.4, -0.2) is 22.9 Å². The summed E-state index contributed by atoms with van der Waals surface area (Å²) < 4.78 is 23.3. The summed E-state index contributed by atoms with van der Waals surface area (Å²) in [5, 5.41) is 2.08. The number of hydrogen-bond acceptors (Lipinski definition) is 3. The predicted molar refractivity (Wildman–Crippen MR) is 107 cm³/mol. The summed E-state index contributed by atoms with van der Waals surface area (Å²) in [5.41, 5.74) is 9.67. The van der Waals surface area contributed by atoms with Gasteiger partial charge >= 0.3 is 0 Å². The average Bonchev–Trinajstić information content (AvgIpc) is 2.56. The quantitative estimate of drug-likeness (QED) is 0.547. The van der Waals surface area contributed by atoms with E-state index < -0.39 is 11.3 Å². The molecule has 0 aliphatic heterocycles. The molecule has 0 heterocycles. The van der Waals surface area contributed by atoms with Gasteiger partial charge in [-0.2, -0.15) is 0 Å². The first-order valence-corrected chi connectivity index (χ1v) is 8.91. The molecule has 1 unspecified atom stereocenters. The van der Waals surface area contributed by atoms with Crippen LogP contribution in [0.4, 0.5) is 22.7 Å². The van der Waals surface area contributed by atoms with Gasteiger partial charge in [0.05, 0.1) is 11.4 Å². The van der Waals surface area contributed by atoms with Gasteiger partial charge in [0.15, 0.2) is 0 Å². The maximum atomic E-state index is 12.0. The highest BCUT2D eigenvalue weighted by atomic mass is 32.2. The second kappa shape index (κ2) is 6.74. The minimum atomic E-state index is -2.19. The van der Waals surface area contributed by atoms with E-state index in [2.05, 4.69) is 6.07 Å². The number of benzene rings is 3. The Labute approximate surface area is 150 Å². The molecule has 3 aromatic rings. The van der Waals surface area contributed by atoms with Crippen molar-refractivity contribution in [2.24, 2.45) is 0 Å². The molecule has 0 saturated heterocycles. The van der Waals surface area contributed by atoms with E-state index in [-0.39, 0.29) is 0 Å². The molecule has 0 bridgehead atoms. The summed E-state index contributed by atoms with van der Waals surface area (Å²) in [6.45, 7) is 1.87. The Bertz CT molecular complexity index is 957. The van der Waals surface area contributed by atoms with E-state index in [0.29, 0.717) is 17.1 Å². The number of rotatable bonds is 4. The SMILES string of the molecule is Cc1cc(N)ccc1N(c1ccc2cc(N(C)C)ccc2c1)S(=O)O. The van der Waals surface area contributed by atoms with Crippen LogP contribution in [0.2, 0.25) is 0 Å². The van der Waals surface area contributed by atoms with Crippen LogP contribution >= 0.6 is 0 Å². The number of nitrogen functional groups attached to an aromatic ring is 1. The fourth-order valence-electron chi connectivity index (χ4n) is 2.84. The van der Waals surface area contributed by atoms with Crippen molar-refractivity contribution in [2.75, 3.05) is 29.0 Å². The van der Waals surface area contributed by atoms with E-state index in [9.17, 15) is 8.76 Å². The van der Waals surface area contributed by atoms with Crippen LogP contribution in [-0.2, 0) is 11.3 Å². The van der Waals surface area contributed by atoms with Crippen molar-refractivity contribution < 1.29 is 8.76 Å². The smallest absolute Gasteiger partial charge is 0.266 e. The third kappa shape index (κ3) is 3.45. The lowest BCUT2D eigenvalue weighted by Crippen LogP contribution is -2.20. The first-order chi connectivity index (χ1) is 11.9. The summed E-state index contributed by atoms with van der Waals surface area (Å²) in [5.74, 6) is 0. The zero-order valence-corrected chi connectivity index (χ0v) is 15.2. The minimum absolute atomic E-state index is 0.625. The first kappa shape index (κ1) is 17.3. The highest BCUT2D eigenvalue weighted by molar-refractivity contribution is 7.81. The van der Waals surface area contributed by atoms with E-state index in [4.69, 9.17) is 5.73 Å². The maximum absolute atomic E-state index is 12.0. The number of fused-ring (bicyclic) bond motifs is 1. The summed E-state index contributed by atoms with van der Waals surface area (Å²) in [6, 6.07) is 17.1. The van der Waals surface area contributed by atoms with Gasteiger partial charge < -0.3 is 10.6 Å². The first-order valence-electron chi connectivity index (χ1n) is 7.85.